The number of aromatic nitrogens is 2. The van der Waals surface area contributed by atoms with E-state index in [2.05, 4.69) is 64.8 Å². The molecule has 3 aliphatic rings. The molecule has 0 saturated heterocycles. The molecule has 29 heavy (non-hydrogen) atoms. The van der Waals surface area contributed by atoms with Crippen LogP contribution < -0.4 is 4.57 Å². The molecule has 1 aromatic carbocycles. The number of imidazole rings is 1. The number of aryl methyl sites for hydroxylation is 1. The first-order chi connectivity index (χ1) is 14.3. The number of hydrogen-bond donors (Lipinski definition) is 0. The lowest BCUT2D eigenvalue weighted by molar-refractivity contribution is -0.732. The second-order valence-corrected chi connectivity index (χ2v) is 8.39. The normalized spacial score (nSPS) is 21.1. The molecule has 2 atom stereocenters. The minimum absolute atomic E-state index is 0.193. The summed E-state index contributed by atoms with van der Waals surface area (Å²) in [5.41, 5.74) is 5.16. The van der Waals surface area contributed by atoms with Gasteiger partial charge in [-0.2, -0.15) is 0 Å². The Morgan fingerprint density at radius 3 is 2.41 bits per heavy atom. The zero-order valence-corrected chi connectivity index (χ0v) is 16.6. The van der Waals surface area contributed by atoms with Gasteiger partial charge < -0.3 is 8.83 Å². The Bertz CT molecular complexity index is 1100. The van der Waals surface area contributed by atoms with E-state index >= 15 is 0 Å². The van der Waals surface area contributed by atoms with Crippen LogP contribution in [0.5, 0.6) is 0 Å². The second kappa shape index (κ2) is 6.24. The number of nitrogens with zero attached hydrogens (tertiary/aromatic N) is 2. The Labute approximate surface area is 170 Å². The van der Waals surface area contributed by atoms with Gasteiger partial charge in [-0.3, -0.25) is 0 Å². The van der Waals surface area contributed by atoms with Gasteiger partial charge in [0.2, 0.25) is 0 Å². The molecule has 146 valence electrons. The Kier molecular flexibility index (Phi) is 3.64. The maximum absolute atomic E-state index is 5.61. The van der Waals surface area contributed by atoms with E-state index in [9.17, 15) is 0 Å². The number of unbranched alkanes of at least 4 members (excludes halogenated alkanes) is 1. The zero-order valence-electron chi connectivity index (χ0n) is 16.6. The van der Waals surface area contributed by atoms with Crippen molar-refractivity contribution in [3.8, 4) is 0 Å². The molecule has 1 aliphatic carbocycles. The van der Waals surface area contributed by atoms with Crippen LogP contribution in [0.3, 0.4) is 0 Å². The van der Waals surface area contributed by atoms with Crippen LogP contribution in [0.25, 0.3) is 0 Å². The van der Waals surface area contributed by atoms with Gasteiger partial charge in [-0.05, 0) is 24.1 Å². The highest BCUT2D eigenvalue weighted by molar-refractivity contribution is 5.53. The quantitative estimate of drug-likeness (QED) is 0.443. The third-order valence-corrected chi connectivity index (χ3v) is 7.06. The van der Waals surface area contributed by atoms with Gasteiger partial charge in [0.15, 0.2) is 0 Å². The summed E-state index contributed by atoms with van der Waals surface area (Å²) >= 11 is 0. The first-order valence-electron chi connectivity index (χ1n) is 10.6. The molecule has 0 N–H and O–H groups in total. The van der Waals surface area contributed by atoms with E-state index in [4.69, 9.17) is 8.83 Å². The fourth-order valence-electron chi connectivity index (χ4n) is 5.80. The second-order valence-electron chi connectivity index (χ2n) is 8.39. The number of benzene rings is 1. The van der Waals surface area contributed by atoms with Gasteiger partial charge in [-0.1, -0.05) is 37.6 Å². The minimum Gasteiger partial charge on any atom is -0.472 e. The molecule has 0 radical (unpaired) electrons. The average Bonchev–Trinajstić information content (AvgIpc) is 3.54. The van der Waals surface area contributed by atoms with E-state index in [-0.39, 0.29) is 11.3 Å². The Morgan fingerprint density at radius 2 is 1.76 bits per heavy atom. The summed E-state index contributed by atoms with van der Waals surface area (Å²) in [6, 6.07) is 13.6. The van der Waals surface area contributed by atoms with Crippen molar-refractivity contribution >= 4 is 0 Å². The van der Waals surface area contributed by atoms with Crippen molar-refractivity contribution in [3.63, 3.8) is 0 Å². The van der Waals surface area contributed by atoms with Crippen LogP contribution in [-0.4, -0.2) is 4.57 Å². The van der Waals surface area contributed by atoms with Gasteiger partial charge in [-0.25, -0.2) is 9.13 Å². The van der Waals surface area contributed by atoms with Crippen molar-refractivity contribution < 1.29 is 13.4 Å². The molecule has 0 saturated carbocycles. The highest BCUT2D eigenvalue weighted by Gasteiger charge is 2.60. The van der Waals surface area contributed by atoms with Crippen LogP contribution in [0.1, 0.15) is 66.2 Å². The Morgan fingerprint density at radius 1 is 1.03 bits per heavy atom. The van der Waals surface area contributed by atoms with Crippen LogP contribution in [0.15, 0.2) is 82.7 Å². The van der Waals surface area contributed by atoms with Crippen molar-refractivity contribution in [1.29, 1.82) is 0 Å². The fraction of sp³-hybridized carbons (Fsp3) is 0.320. The van der Waals surface area contributed by atoms with Gasteiger partial charge in [0.05, 0.1) is 31.6 Å². The van der Waals surface area contributed by atoms with Crippen LogP contribution in [-0.2, 0) is 12.0 Å². The fourth-order valence-corrected chi connectivity index (χ4v) is 5.80. The lowest BCUT2D eigenvalue weighted by atomic mass is 9.55. The topological polar surface area (TPSA) is 35.1 Å². The molecule has 4 heteroatoms. The molecular formula is C25H25N2O2+. The number of hydrogen-bond acceptors (Lipinski definition) is 2. The molecule has 0 amide bonds. The standard InChI is InChI=1S/C25H25N2O2/c1-2-3-10-26-11-12-27-22-15-25(18-8-13-28-16-18,19-9-14-29-17-19)23(24(26)27)21-7-5-4-6-20(21)22/h4-9,11-14,16-17,22-23H,2-3,10,15H2,1H3/q+1/t22-,23+/m1/s1. The van der Waals surface area contributed by atoms with E-state index in [1.54, 1.807) is 12.5 Å². The zero-order chi connectivity index (χ0) is 19.4. The number of fused-ring (bicyclic) bond motifs is 1. The molecule has 0 fully saturated rings. The minimum atomic E-state index is -0.193. The molecule has 5 heterocycles. The van der Waals surface area contributed by atoms with Crippen LogP contribution in [0, 0.1) is 0 Å². The largest absolute Gasteiger partial charge is 0.472 e. The van der Waals surface area contributed by atoms with E-state index < -0.39 is 0 Å². The highest BCUT2D eigenvalue weighted by atomic mass is 16.3. The van der Waals surface area contributed by atoms with E-state index in [1.165, 1.54) is 40.9 Å². The first-order valence-corrected chi connectivity index (χ1v) is 10.6. The number of furan rings is 2. The van der Waals surface area contributed by atoms with Gasteiger partial charge in [-0.15, -0.1) is 0 Å². The molecule has 0 spiro atoms. The summed E-state index contributed by atoms with van der Waals surface area (Å²) < 4.78 is 16.2. The van der Waals surface area contributed by atoms with Crippen molar-refractivity contribution in [1.82, 2.24) is 4.57 Å². The molecule has 3 aromatic heterocycles. The lowest BCUT2D eigenvalue weighted by Crippen LogP contribution is -2.59. The van der Waals surface area contributed by atoms with Gasteiger partial charge in [0.1, 0.15) is 24.4 Å². The maximum Gasteiger partial charge on any atom is 0.265 e. The third kappa shape index (κ3) is 2.17. The van der Waals surface area contributed by atoms with Gasteiger partial charge >= 0.3 is 0 Å². The lowest BCUT2D eigenvalue weighted by Gasteiger charge is -2.49. The SMILES string of the molecule is CCCCn1cc[n+]2c1[C@@H]1c3ccccc3[C@H]2CC1(c1ccoc1)c1ccoc1. The van der Waals surface area contributed by atoms with Crippen molar-refractivity contribution in [2.75, 3.05) is 0 Å². The molecule has 4 aromatic rings. The van der Waals surface area contributed by atoms with E-state index in [1.807, 2.05) is 12.5 Å². The summed E-state index contributed by atoms with van der Waals surface area (Å²) in [5, 5.41) is 0. The Balaban J connectivity index is 1.66. The van der Waals surface area contributed by atoms with Crippen molar-refractivity contribution in [3.05, 3.63) is 102 Å². The summed E-state index contributed by atoms with van der Waals surface area (Å²) in [6.45, 7) is 3.31. The molecule has 0 unspecified atom stereocenters. The van der Waals surface area contributed by atoms with E-state index in [0.29, 0.717) is 6.04 Å². The van der Waals surface area contributed by atoms with Crippen LogP contribution in [0.2, 0.25) is 0 Å². The van der Waals surface area contributed by atoms with E-state index in [0.717, 1.165) is 13.0 Å². The third-order valence-electron chi connectivity index (χ3n) is 7.06. The van der Waals surface area contributed by atoms with Crippen molar-refractivity contribution in [2.45, 2.75) is 50.1 Å². The predicted octanol–water partition coefficient (Wildman–Crippen LogP) is 5.19. The Hall–Kier alpha value is -3.01. The smallest absolute Gasteiger partial charge is 0.265 e. The molecule has 4 nitrogen and oxygen atoms in total. The number of rotatable bonds is 5. The summed E-state index contributed by atoms with van der Waals surface area (Å²) in [5.74, 6) is 1.61. The van der Waals surface area contributed by atoms with Crippen LogP contribution in [0.4, 0.5) is 0 Å². The van der Waals surface area contributed by atoms with Crippen molar-refractivity contribution in [2.24, 2.45) is 0 Å². The maximum atomic E-state index is 5.61. The monoisotopic (exact) mass is 385 g/mol. The molecular weight excluding hydrogens is 360 g/mol. The van der Waals surface area contributed by atoms with Gasteiger partial charge in [0.25, 0.3) is 5.82 Å². The highest BCUT2D eigenvalue weighted by Crippen LogP contribution is 2.59. The molecule has 7 rings (SSSR count). The van der Waals surface area contributed by atoms with Gasteiger partial charge in [0, 0.05) is 28.5 Å². The first kappa shape index (κ1) is 16.9. The summed E-state index contributed by atoms with van der Waals surface area (Å²) in [7, 11) is 0. The van der Waals surface area contributed by atoms with Crippen LogP contribution >= 0.6 is 0 Å². The average molecular weight is 385 g/mol. The predicted molar refractivity (Wildman–Crippen MR) is 109 cm³/mol. The molecule has 2 bridgehead atoms. The summed E-state index contributed by atoms with van der Waals surface area (Å²) in [6.07, 6.45) is 15.4. The molecule has 2 aliphatic heterocycles. The summed E-state index contributed by atoms with van der Waals surface area (Å²) in [4.78, 5) is 0.